The Hall–Kier alpha value is -1.22. The van der Waals surface area contributed by atoms with Crippen LogP contribution >= 0.6 is 23.2 Å². The Morgan fingerprint density at radius 3 is 2.39 bits per heavy atom. The summed E-state index contributed by atoms with van der Waals surface area (Å²) in [5.74, 6) is 0.635. The van der Waals surface area contributed by atoms with Crippen LogP contribution in [0, 0.1) is 0 Å². The first-order chi connectivity index (χ1) is 8.65. The minimum Gasteiger partial charge on any atom is -0.490 e. The Morgan fingerprint density at radius 2 is 1.72 bits per heavy atom. The van der Waals surface area contributed by atoms with Gasteiger partial charge < -0.3 is 9.84 Å². The van der Waals surface area contributed by atoms with Crippen molar-refractivity contribution in [3.63, 3.8) is 0 Å². The van der Waals surface area contributed by atoms with Crippen molar-refractivity contribution in [2.45, 2.75) is 6.10 Å². The first-order valence-electron chi connectivity index (χ1n) is 5.47. The molecular formula is C14H12Cl2O2. The van der Waals surface area contributed by atoms with Gasteiger partial charge in [-0.3, -0.25) is 0 Å². The minimum atomic E-state index is -0.693. The smallest absolute Gasteiger partial charge is 0.120 e. The monoisotopic (exact) mass is 282 g/mol. The van der Waals surface area contributed by atoms with Crippen molar-refractivity contribution in [3.05, 3.63) is 64.1 Å². The predicted octanol–water partition coefficient (Wildman–Crippen LogP) is 4.11. The second-order valence-corrected chi connectivity index (χ2v) is 4.71. The van der Waals surface area contributed by atoms with E-state index < -0.39 is 6.10 Å². The molecule has 1 N–H and O–H groups in total. The van der Waals surface area contributed by atoms with Crippen molar-refractivity contribution >= 4 is 23.2 Å². The highest BCUT2D eigenvalue weighted by molar-refractivity contribution is 6.30. The molecule has 1 atom stereocenters. The zero-order valence-corrected chi connectivity index (χ0v) is 11.0. The lowest BCUT2D eigenvalue weighted by Gasteiger charge is -2.12. The quantitative estimate of drug-likeness (QED) is 0.915. The van der Waals surface area contributed by atoms with Crippen LogP contribution in [0.4, 0.5) is 0 Å². The molecule has 0 fully saturated rings. The average Bonchev–Trinajstić information content (AvgIpc) is 2.37. The summed E-state index contributed by atoms with van der Waals surface area (Å²) >= 11 is 11.6. The van der Waals surface area contributed by atoms with Gasteiger partial charge in [-0.05, 0) is 35.9 Å². The van der Waals surface area contributed by atoms with E-state index in [9.17, 15) is 5.11 Å². The molecule has 0 aliphatic heterocycles. The molecule has 94 valence electrons. The lowest BCUT2D eigenvalue weighted by atomic mass is 10.1. The SMILES string of the molecule is OC(COc1cccc(Cl)c1)c1ccc(Cl)cc1. The van der Waals surface area contributed by atoms with Crippen LogP contribution in [0.3, 0.4) is 0 Å². The number of aliphatic hydroxyl groups excluding tert-OH is 1. The van der Waals surface area contributed by atoms with Gasteiger partial charge in [-0.25, -0.2) is 0 Å². The maximum atomic E-state index is 9.94. The van der Waals surface area contributed by atoms with Crippen LogP contribution in [0.5, 0.6) is 5.75 Å². The van der Waals surface area contributed by atoms with Gasteiger partial charge in [0.25, 0.3) is 0 Å². The van der Waals surface area contributed by atoms with Crippen LogP contribution in [0.25, 0.3) is 0 Å². The normalized spacial score (nSPS) is 12.2. The van der Waals surface area contributed by atoms with Gasteiger partial charge in [-0.1, -0.05) is 41.4 Å². The maximum Gasteiger partial charge on any atom is 0.120 e. The number of rotatable bonds is 4. The summed E-state index contributed by atoms with van der Waals surface area (Å²) in [6.45, 7) is 0.169. The summed E-state index contributed by atoms with van der Waals surface area (Å²) in [4.78, 5) is 0. The topological polar surface area (TPSA) is 29.5 Å². The third-order valence-electron chi connectivity index (χ3n) is 2.46. The summed E-state index contributed by atoms with van der Waals surface area (Å²) in [5.41, 5.74) is 0.765. The Kier molecular flexibility index (Phi) is 4.48. The fraction of sp³-hybridized carbons (Fsp3) is 0.143. The zero-order valence-electron chi connectivity index (χ0n) is 9.51. The molecule has 0 heterocycles. The molecule has 4 heteroatoms. The number of halogens is 2. The first kappa shape index (κ1) is 13.2. The molecule has 2 aromatic rings. The Labute approximate surface area is 116 Å². The van der Waals surface area contributed by atoms with Gasteiger partial charge in [0.05, 0.1) is 0 Å². The van der Waals surface area contributed by atoms with E-state index in [-0.39, 0.29) is 6.61 Å². The van der Waals surface area contributed by atoms with Gasteiger partial charge in [-0.2, -0.15) is 0 Å². The molecule has 2 nitrogen and oxygen atoms in total. The molecule has 0 aliphatic carbocycles. The average molecular weight is 283 g/mol. The number of ether oxygens (including phenoxy) is 1. The lowest BCUT2D eigenvalue weighted by molar-refractivity contribution is 0.108. The standard InChI is InChI=1S/C14H12Cl2O2/c15-11-6-4-10(5-7-11)14(17)9-18-13-3-1-2-12(16)8-13/h1-8,14,17H,9H2. The van der Waals surface area contributed by atoms with Crippen LogP contribution in [0.1, 0.15) is 11.7 Å². The summed E-state index contributed by atoms with van der Waals surface area (Å²) < 4.78 is 5.47. The van der Waals surface area contributed by atoms with E-state index >= 15 is 0 Å². The van der Waals surface area contributed by atoms with Crippen molar-refractivity contribution < 1.29 is 9.84 Å². The molecule has 0 amide bonds. The molecule has 18 heavy (non-hydrogen) atoms. The van der Waals surface area contributed by atoms with Gasteiger partial charge in [0.15, 0.2) is 0 Å². The van der Waals surface area contributed by atoms with Crippen molar-refractivity contribution in [2.24, 2.45) is 0 Å². The van der Waals surface area contributed by atoms with E-state index in [0.717, 1.165) is 5.56 Å². The number of benzene rings is 2. The van der Waals surface area contributed by atoms with Crippen LogP contribution in [0.2, 0.25) is 10.0 Å². The molecule has 0 aromatic heterocycles. The van der Waals surface area contributed by atoms with Crippen molar-refractivity contribution in [2.75, 3.05) is 6.61 Å². The third-order valence-corrected chi connectivity index (χ3v) is 2.95. The predicted molar refractivity (Wildman–Crippen MR) is 73.4 cm³/mol. The molecule has 0 bridgehead atoms. The maximum absolute atomic E-state index is 9.94. The molecule has 2 aromatic carbocycles. The highest BCUT2D eigenvalue weighted by Gasteiger charge is 2.08. The van der Waals surface area contributed by atoms with Crippen LogP contribution in [0.15, 0.2) is 48.5 Å². The molecule has 0 saturated carbocycles. The molecular weight excluding hydrogens is 271 g/mol. The van der Waals surface area contributed by atoms with Gasteiger partial charge >= 0.3 is 0 Å². The molecule has 2 rings (SSSR count). The summed E-state index contributed by atoms with van der Waals surface area (Å²) in [6.07, 6.45) is -0.693. The highest BCUT2D eigenvalue weighted by atomic mass is 35.5. The Balaban J connectivity index is 1.96. The molecule has 1 unspecified atom stereocenters. The zero-order chi connectivity index (χ0) is 13.0. The Bertz CT molecular complexity index is 511. The number of hydrogen-bond donors (Lipinski definition) is 1. The summed E-state index contributed by atoms with van der Waals surface area (Å²) in [6, 6.07) is 14.1. The molecule has 0 radical (unpaired) electrons. The van der Waals surface area contributed by atoms with Gasteiger partial charge in [-0.15, -0.1) is 0 Å². The molecule has 0 saturated heterocycles. The van der Waals surface area contributed by atoms with Crippen molar-refractivity contribution in [3.8, 4) is 5.75 Å². The lowest BCUT2D eigenvalue weighted by Crippen LogP contribution is -2.09. The van der Waals surface area contributed by atoms with Gasteiger partial charge in [0.2, 0.25) is 0 Å². The molecule has 0 spiro atoms. The van der Waals surface area contributed by atoms with Crippen molar-refractivity contribution in [1.82, 2.24) is 0 Å². The summed E-state index contributed by atoms with van der Waals surface area (Å²) in [5, 5.41) is 11.2. The molecule has 0 aliphatic rings. The van der Waals surface area contributed by atoms with E-state index in [1.807, 2.05) is 0 Å². The highest BCUT2D eigenvalue weighted by Crippen LogP contribution is 2.20. The van der Waals surface area contributed by atoms with E-state index in [0.29, 0.717) is 15.8 Å². The Morgan fingerprint density at radius 1 is 1.00 bits per heavy atom. The number of hydrogen-bond acceptors (Lipinski definition) is 2. The van der Waals surface area contributed by atoms with Crippen molar-refractivity contribution in [1.29, 1.82) is 0 Å². The van der Waals surface area contributed by atoms with Crippen LogP contribution < -0.4 is 4.74 Å². The second kappa shape index (κ2) is 6.10. The third kappa shape index (κ3) is 3.64. The number of aliphatic hydroxyl groups is 1. The van der Waals surface area contributed by atoms with E-state index in [1.165, 1.54) is 0 Å². The van der Waals surface area contributed by atoms with Crippen LogP contribution in [-0.2, 0) is 0 Å². The fourth-order valence-electron chi connectivity index (χ4n) is 1.51. The summed E-state index contributed by atoms with van der Waals surface area (Å²) in [7, 11) is 0. The van der Waals surface area contributed by atoms with E-state index in [2.05, 4.69) is 0 Å². The fourth-order valence-corrected chi connectivity index (χ4v) is 1.82. The second-order valence-electron chi connectivity index (χ2n) is 3.84. The van der Waals surface area contributed by atoms with Crippen LogP contribution in [-0.4, -0.2) is 11.7 Å². The van der Waals surface area contributed by atoms with Gasteiger partial charge in [0.1, 0.15) is 18.5 Å². The first-order valence-corrected chi connectivity index (χ1v) is 6.22. The largest absolute Gasteiger partial charge is 0.490 e. The van der Waals surface area contributed by atoms with Gasteiger partial charge in [0, 0.05) is 10.0 Å². The van der Waals surface area contributed by atoms with E-state index in [4.69, 9.17) is 27.9 Å². The minimum absolute atomic E-state index is 0.169. The van der Waals surface area contributed by atoms with E-state index in [1.54, 1.807) is 48.5 Å².